The Kier molecular flexibility index (Phi) is 16.0. The molecule has 0 aromatic rings. The minimum absolute atomic E-state index is 0. The third-order valence-corrected chi connectivity index (χ3v) is 0.378. The molecule has 0 saturated heterocycles. The zero-order valence-corrected chi connectivity index (χ0v) is 5.41. The summed E-state index contributed by atoms with van der Waals surface area (Å²) in [4.78, 5) is 0. The standard InChI is InChI=1S/C3H5Cl.BrH/c1-2-3-4;/h2-3H,1H3;1H. The molecule has 0 fully saturated rings. The highest BCUT2D eigenvalue weighted by atomic mass is 79.9. The molecular formula is C3H6BrCl. The molecule has 0 saturated carbocycles. The van der Waals surface area contributed by atoms with Gasteiger partial charge in [-0.3, -0.25) is 0 Å². The Hall–Kier alpha value is 0.510. The number of rotatable bonds is 0. The summed E-state index contributed by atoms with van der Waals surface area (Å²) in [5.41, 5.74) is 1.47. The number of hydrogen-bond acceptors (Lipinski definition) is 0. The Morgan fingerprint density at radius 3 is 1.80 bits per heavy atom. The second kappa shape index (κ2) is 8.82. The second-order valence-electron chi connectivity index (χ2n) is 0.459. The van der Waals surface area contributed by atoms with Crippen LogP contribution in [0.2, 0.25) is 0 Å². The number of hydrogen-bond donors (Lipinski definition) is 0. The highest BCUT2D eigenvalue weighted by Gasteiger charge is 1.37. The molecule has 0 spiro atoms. The smallest absolute Gasteiger partial charge is 0.0000330 e. The average Bonchev–Trinajstić information content (AvgIpc) is 1.37. The van der Waals surface area contributed by atoms with Gasteiger partial charge in [0.2, 0.25) is 0 Å². The van der Waals surface area contributed by atoms with Gasteiger partial charge in [-0.15, -0.1) is 17.0 Å². The predicted molar refractivity (Wildman–Crippen MR) is 31.0 cm³/mol. The van der Waals surface area contributed by atoms with Crippen LogP contribution in [0.25, 0.3) is 0 Å². The SMILES string of the molecule is Br.CC=CCl. The summed E-state index contributed by atoms with van der Waals surface area (Å²) in [5, 5.41) is 0. The summed E-state index contributed by atoms with van der Waals surface area (Å²) in [6.07, 6.45) is 1.77. The van der Waals surface area contributed by atoms with E-state index < -0.39 is 0 Å². The van der Waals surface area contributed by atoms with Gasteiger partial charge in [-0.1, -0.05) is 17.7 Å². The minimum Gasteiger partial charge on any atom is -0.114 e. The Morgan fingerprint density at radius 2 is 1.80 bits per heavy atom. The van der Waals surface area contributed by atoms with Crippen molar-refractivity contribution < 1.29 is 0 Å². The molecule has 0 unspecified atom stereocenters. The molecule has 0 rings (SSSR count). The minimum atomic E-state index is 0. The lowest BCUT2D eigenvalue weighted by Crippen LogP contribution is -1.20. The summed E-state index contributed by atoms with van der Waals surface area (Å²) >= 11 is 5.01. The first-order valence-electron chi connectivity index (χ1n) is 1.13. The zero-order chi connectivity index (χ0) is 3.41. The molecule has 2 heteroatoms. The molecule has 0 aliphatic heterocycles. The Balaban J connectivity index is 0. The van der Waals surface area contributed by atoms with Crippen molar-refractivity contribution in [3.8, 4) is 0 Å². The predicted octanol–water partition coefficient (Wildman–Crippen LogP) is 2.34. The topological polar surface area (TPSA) is 0 Å². The monoisotopic (exact) mass is 156 g/mol. The van der Waals surface area contributed by atoms with Crippen LogP contribution in [0.1, 0.15) is 6.92 Å². The van der Waals surface area contributed by atoms with Crippen LogP contribution in [0.3, 0.4) is 0 Å². The van der Waals surface area contributed by atoms with E-state index in [-0.39, 0.29) is 17.0 Å². The lowest BCUT2D eigenvalue weighted by atomic mass is 10.8. The molecule has 0 aliphatic rings. The average molecular weight is 157 g/mol. The Bertz CT molecular complexity index is 22.1. The summed E-state index contributed by atoms with van der Waals surface area (Å²) < 4.78 is 0. The molecule has 0 aromatic carbocycles. The molecule has 0 amide bonds. The van der Waals surface area contributed by atoms with Crippen LogP contribution < -0.4 is 0 Å². The highest BCUT2D eigenvalue weighted by Crippen LogP contribution is 1.70. The van der Waals surface area contributed by atoms with E-state index in [0.29, 0.717) is 0 Å². The van der Waals surface area contributed by atoms with E-state index in [1.165, 1.54) is 5.54 Å². The lowest BCUT2D eigenvalue weighted by molar-refractivity contribution is 1.78. The largest absolute Gasteiger partial charge is 0.114 e. The van der Waals surface area contributed by atoms with Gasteiger partial charge in [-0.2, -0.15) is 0 Å². The Morgan fingerprint density at radius 1 is 1.60 bits per heavy atom. The fourth-order valence-corrected chi connectivity index (χ4v) is 0. The van der Waals surface area contributed by atoms with Crippen molar-refractivity contribution >= 4 is 28.6 Å². The molecule has 0 nitrogen and oxygen atoms in total. The van der Waals surface area contributed by atoms with Gasteiger partial charge in [0.25, 0.3) is 0 Å². The fourth-order valence-electron chi connectivity index (χ4n) is 0. The first-order chi connectivity index (χ1) is 1.91. The first-order valence-corrected chi connectivity index (χ1v) is 1.57. The van der Waals surface area contributed by atoms with Crippen molar-refractivity contribution in [1.82, 2.24) is 0 Å². The van der Waals surface area contributed by atoms with Crippen molar-refractivity contribution in [3.05, 3.63) is 11.6 Å². The van der Waals surface area contributed by atoms with E-state index in [4.69, 9.17) is 11.6 Å². The molecular weight excluding hydrogens is 151 g/mol. The van der Waals surface area contributed by atoms with E-state index >= 15 is 0 Å². The van der Waals surface area contributed by atoms with Crippen LogP contribution in [0.5, 0.6) is 0 Å². The summed E-state index contributed by atoms with van der Waals surface area (Å²) in [6.45, 7) is 1.87. The normalized spacial score (nSPS) is 7.60. The van der Waals surface area contributed by atoms with Gasteiger partial charge in [-0.25, -0.2) is 0 Å². The summed E-state index contributed by atoms with van der Waals surface area (Å²) in [5.74, 6) is 0. The molecule has 5 heavy (non-hydrogen) atoms. The maximum atomic E-state index is 5.01. The van der Waals surface area contributed by atoms with Gasteiger partial charge in [0.05, 0.1) is 0 Å². The van der Waals surface area contributed by atoms with Gasteiger partial charge in [0, 0.05) is 0 Å². The lowest BCUT2D eigenvalue weighted by Gasteiger charge is -1.46. The number of allylic oxidation sites excluding steroid dienone is 1. The van der Waals surface area contributed by atoms with E-state index in [9.17, 15) is 0 Å². The van der Waals surface area contributed by atoms with E-state index in [2.05, 4.69) is 0 Å². The molecule has 32 valence electrons. The van der Waals surface area contributed by atoms with E-state index in [0.717, 1.165) is 0 Å². The van der Waals surface area contributed by atoms with Crippen LogP contribution in [0, 0.1) is 0 Å². The van der Waals surface area contributed by atoms with Crippen molar-refractivity contribution in [2.24, 2.45) is 0 Å². The maximum Gasteiger partial charge on any atom is -0.0000330 e. The van der Waals surface area contributed by atoms with Crippen LogP contribution in [0.4, 0.5) is 0 Å². The third-order valence-electron chi connectivity index (χ3n) is 0.126. The van der Waals surface area contributed by atoms with E-state index in [1.807, 2.05) is 6.92 Å². The summed E-state index contributed by atoms with van der Waals surface area (Å²) in [7, 11) is 0. The molecule has 0 atom stereocenters. The van der Waals surface area contributed by atoms with Crippen molar-refractivity contribution in [2.75, 3.05) is 0 Å². The Labute approximate surface area is 47.6 Å². The van der Waals surface area contributed by atoms with Gasteiger partial charge >= 0.3 is 0 Å². The van der Waals surface area contributed by atoms with Crippen molar-refractivity contribution in [1.29, 1.82) is 0 Å². The van der Waals surface area contributed by atoms with Gasteiger partial charge < -0.3 is 0 Å². The number of halogens is 2. The van der Waals surface area contributed by atoms with Gasteiger partial charge in [0.1, 0.15) is 0 Å². The third kappa shape index (κ3) is 12.5. The molecule has 0 aromatic heterocycles. The van der Waals surface area contributed by atoms with Crippen LogP contribution in [-0.4, -0.2) is 0 Å². The van der Waals surface area contributed by atoms with Crippen LogP contribution >= 0.6 is 28.6 Å². The maximum absolute atomic E-state index is 5.01. The van der Waals surface area contributed by atoms with Gasteiger partial charge in [-0.05, 0) is 12.5 Å². The molecule has 0 N–H and O–H groups in total. The quantitative estimate of drug-likeness (QED) is 0.506. The van der Waals surface area contributed by atoms with Crippen molar-refractivity contribution in [2.45, 2.75) is 6.92 Å². The molecule has 0 bridgehead atoms. The van der Waals surface area contributed by atoms with E-state index in [1.54, 1.807) is 6.08 Å². The van der Waals surface area contributed by atoms with Crippen molar-refractivity contribution in [3.63, 3.8) is 0 Å². The molecule has 0 aliphatic carbocycles. The molecule has 0 heterocycles. The summed E-state index contributed by atoms with van der Waals surface area (Å²) in [6, 6.07) is 0. The molecule has 0 radical (unpaired) electrons. The first kappa shape index (κ1) is 9.10. The fraction of sp³-hybridized carbons (Fsp3) is 0.333. The van der Waals surface area contributed by atoms with Crippen LogP contribution in [0.15, 0.2) is 11.6 Å². The second-order valence-corrected chi connectivity index (χ2v) is 0.711. The van der Waals surface area contributed by atoms with Crippen LogP contribution in [-0.2, 0) is 0 Å². The highest BCUT2D eigenvalue weighted by molar-refractivity contribution is 8.93. The van der Waals surface area contributed by atoms with Gasteiger partial charge in [0.15, 0.2) is 0 Å². The zero-order valence-electron chi connectivity index (χ0n) is 2.94.